The molecule has 1 N–H and O–H groups in total. The largest absolute Gasteiger partial charge is 0.372 e. The van der Waals surface area contributed by atoms with Crippen molar-refractivity contribution in [1.29, 1.82) is 0 Å². The van der Waals surface area contributed by atoms with Gasteiger partial charge in [-0.25, -0.2) is 4.79 Å². The number of imide groups is 1. The van der Waals surface area contributed by atoms with E-state index in [1.807, 2.05) is 18.7 Å². The molecule has 3 fully saturated rings. The van der Waals surface area contributed by atoms with Gasteiger partial charge in [0.15, 0.2) is 0 Å². The van der Waals surface area contributed by atoms with Crippen LogP contribution in [0.1, 0.15) is 52.4 Å². The highest BCUT2D eigenvalue weighted by Crippen LogP contribution is 2.35. The highest BCUT2D eigenvalue weighted by Gasteiger charge is 2.52. The first-order valence-electron chi connectivity index (χ1n) is 8.99. The maximum Gasteiger partial charge on any atom is 0.325 e. The monoisotopic (exact) mass is 337 g/mol. The normalized spacial score (nSPS) is 29.4. The minimum atomic E-state index is -0.657. The van der Waals surface area contributed by atoms with Crippen molar-refractivity contribution in [3.05, 3.63) is 0 Å². The first kappa shape index (κ1) is 17.2. The summed E-state index contributed by atoms with van der Waals surface area (Å²) in [5, 5.41) is 2.87. The van der Waals surface area contributed by atoms with Gasteiger partial charge in [0.05, 0.1) is 12.2 Å². The van der Waals surface area contributed by atoms with E-state index in [4.69, 9.17) is 4.74 Å². The predicted molar refractivity (Wildman–Crippen MR) is 87.3 cm³/mol. The van der Waals surface area contributed by atoms with Gasteiger partial charge in [0, 0.05) is 26.1 Å². The lowest BCUT2D eigenvalue weighted by molar-refractivity contribution is -0.143. The van der Waals surface area contributed by atoms with E-state index < -0.39 is 5.54 Å². The van der Waals surface area contributed by atoms with Crippen molar-refractivity contribution in [3.63, 3.8) is 0 Å². The fourth-order valence-electron chi connectivity index (χ4n) is 4.12. The van der Waals surface area contributed by atoms with Crippen LogP contribution in [0.25, 0.3) is 0 Å². The van der Waals surface area contributed by atoms with Crippen LogP contribution in [0.5, 0.6) is 0 Å². The molecular weight excluding hydrogens is 310 g/mol. The highest BCUT2D eigenvalue weighted by atomic mass is 16.5. The molecule has 1 aliphatic carbocycles. The van der Waals surface area contributed by atoms with E-state index in [1.165, 1.54) is 4.90 Å². The summed E-state index contributed by atoms with van der Waals surface area (Å²) in [6.45, 7) is 5.45. The number of morpholine rings is 1. The molecule has 3 rings (SSSR count). The van der Waals surface area contributed by atoms with Crippen LogP contribution in [0.2, 0.25) is 0 Å². The zero-order chi connectivity index (χ0) is 17.3. The Hall–Kier alpha value is -1.63. The SMILES string of the molecule is C[C@@H]1CN(C(=O)CCCN2C(=O)NC3(CCCC3)C2=O)C[C@@H](C)O1. The molecule has 7 nitrogen and oxygen atoms in total. The fraction of sp³-hybridized carbons (Fsp3) is 0.824. The van der Waals surface area contributed by atoms with Crippen molar-refractivity contribution in [1.82, 2.24) is 15.1 Å². The summed E-state index contributed by atoms with van der Waals surface area (Å²) in [5.74, 6) is -0.0364. The second-order valence-corrected chi connectivity index (χ2v) is 7.34. The van der Waals surface area contributed by atoms with Crippen LogP contribution in [-0.2, 0) is 14.3 Å². The summed E-state index contributed by atoms with van der Waals surface area (Å²) >= 11 is 0. The maximum atomic E-state index is 12.5. The van der Waals surface area contributed by atoms with Gasteiger partial charge in [0.2, 0.25) is 5.91 Å². The van der Waals surface area contributed by atoms with Gasteiger partial charge < -0.3 is 15.0 Å². The molecule has 1 spiro atoms. The van der Waals surface area contributed by atoms with E-state index in [2.05, 4.69) is 5.32 Å². The van der Waals surface area contributed by atoms with E-state index in [0.29, 0.717) is 32.5 Å². The van der Waals surface area contributed by atoms with E-state index >= 15 is 0 Å². The summed E-state index contributed by atoms with van der Waals surface area (Å²) in [5.41, 5.74) is -0.657. The van der Waals surface area contributed by atoms with Crippen LogP contribution in [0.15, 0.2) is 0 Å². The molecule has 24 heavy (non-hydrogen) atoms. The van der Waals surface area contributed by atoms with Crippen molar-refractivity contribution in [3.8, 4) is 0 Å². The molecular formula is C17H27N3O4. The molecule has 2 atom stereocenters. The summed E-state index contributed by atoms with van der Waals surface area (Å²) in [7, 11) is 0. The lowest BCUT2D eigenvalue weighted by atomic mass is 9.98. The number of carbonyl (C=O) groups excluding carboxylic acids is 3. The molecule has 0 aromatic carbocycles. The number of amides is 4. The van der Waals surface area contributed by atoms with Gasteiger partial charge in [-0.05, 0) is 33.1 Å². The van der Waals surface area contributed by atoms with Gasteiger partial charge in [0.1, 0.15) is 5.54 Å². The first-order valence-corrected chi connectivity index (χ1v) is 8.99. The van der Waals surface area contributed by atoms with Gasteiger partial charge in [-0.1, -0.05) is 12.8 Å². The first-order chi connectivity index (χ1) is 11.4. The third-order valence-corrected chi connectivity index (χ3v) is 5.25. The lowest BCUT2D eigenvalue weighted by Gasteiger charge is -2.35. The van der Waals surface area contributed by atoms with Gasteiger partial charge in [-0.2, -0.15) is 0 Å². The number of urea groups is 1. The Morgan fingerprint density at radius 3 is 2.46 bits per heavy atom. The zero-order valence-corrected chi connectivity index (χ0v) is 14.5. The Morgan fingerprint density at radius 1 is 1.21 bits per heavy atom. The summed E-state index contributed by atoms with van der Waals surface area (Å²) in [6.07, 6.45) is 4.37. The Morgan fingerprint density at radius 2 is 1.83 bits per heavy atom. The van der Waals surface area contributed by atoms with Gasteiger partial charge in [0.25, 0.3) is 5.91 Å². The molecule has 0 bridgehead atoms. The Labute approximate surface area is 142 Å². The van der Waals surface area contributed by atoms with Gasteiger partial charge >= 0.3 is 6.03 Å². The topological polar surface area (TPSA) is 79.0 Å². The number of rotatable bonds is 4. The molecule has 7 heteroatoms. The number of hydrogen-bond donors (Lipinski definition) is 1. The third kappa shape index (κ3) is 3.27. The van der Waals surface area contributed by atoms with Crippen molar-refractivity contribution >= 4 is 17.8 Å². The molecule has 0 radical (unpaired) electrons. The van der Waals surface area contributed by atoms with Crippen molar-refractivity contribution < 1.29 is 19.1 Å². The summed E-state index contributed by atoms with van der Waals surface area (Å²) in [6, 6.07) is -0.303. The highest BCUT2D eigenvalue weighted by molar-refractivity contribution is 6.07. The number of carbonyl (C=O) groups is 3. The average molecular weight is 337 g/mol. The number of ether oxygens (including phenoxy) is 1. The van der Waals surface area contributed by atoms with Gasteiger partial charge in [-0.3, -0.25) is 14.5 Å². The van der Waals surface area contributed by atoms with Crippen molar-refractivity contribution in [2.24, 2.45) is 0 Å². The Balaban J connectivity index is 1.48. The second-order valence-electron chi connectivity index (χ2n) is 7.34. The molecule has 134 valence electrons. The van der Waals surface area contributed by atoms with Crippen molar-refractivity contribution in [2.45, 2.75) is 70.1 Å². The smallest absolute Gasteiger partial charge is 0.325 e. The third-order valence-electron chi connectivity index (χ3n) is 5.25. The molecule has 0 aromatic heterocycles. The minimum Gasteiger partial charge on any atom is -0.372 e. The molecule has 0 aromatic rings. The molecule has 3 aliphatic rings. The fourth-order valence-corrected chi connectivity index (χ4v) is 4.12. The molecule has 4 amide bonds. The van der Waals surface area contributed by atoms with Crippen molar-refractivity contribution in [2.75, 3.05) is 19.6 Å². The van der Waals surface area contributed by atoms with E-state index in [-0.39, 0.29) is 30.1 Å². The summed E-state index contributed by atoms with van der Waals surface area (Å²) in [4.78, 5) is 40.1. The minimum absolute atomic E-state index is 0.0471. The maximum absolute atomic E-state index is 12.5. The Kier molecular flexibility index (Phi) is 4.80. The summed E-state index contributed by atoms with van der Waals surface area (Å²) < 4.78 is 5.63. The number of hydrogen-bond acceptors (Lipinski definition) is 4. The van der Waals surface area contributed by atoms with Crippen LogP contribution in [0.4, 0.5) is 4.79 Å². The van der Waals surface area contributed by atoms with Crippen LogP contribution in [0.3, 0.4) is 0 Å². The van der Waals surface area contributed by atoms with E-state index in [1.54, 1.807) is 0 Å². The number of nitrogens with zero attached hydrogens (tertiary/aromatic N) is 2. The average Bonchev–Trinajstić information content (AvgIpc) is 3.07. The zero-order valence-electron chi connectivity index (χ0n) is 14.5. The standard InChI is InChI=1S/C17H27N3O4/c1-12-10-19(11-13(2)24-12)14(21)6-5-9-20-15(22)17(18-16(20)23)7-3-4-8-17/h12-13H,3-11H2,1-2H3,(H,18,23)/t12-,13-/m1/s1. The van der Waals surface area contributed by atoms with Crippen LogP contribution in [0, 0.1) is 0 Å². The van der Waals surface area contributed by atoms with E-state index in [0.717, 1.165) is 25.7 Å². The molecule has 1 saturated carbocycles. The molecule has 2 aliphatic heterocycles. The Bertz CT molecular complexity index is 520. The van der Waals surface area contributed by atoms with E-state index in [9.17, 15) is 14.4 Å². The lowest BCUT2D eigenvalue weighted by Crippen LogP contribution is -2.48. The number of nitrogens with one attached hydrogen (secondary N) is 1. The molecule has 2 saturated heterocycles. The molecule has 0 unspecified atom stereocenters. The van der Waals surface area contributed by atoms with Crippen LogP contribution < -0.4 is 5.32 Å². The molecule has 2 heterocycles. The van der Waals surface area contributed by atoms with Crippen LogP contribution in [-0.4, -0.2) is 65.0 Å². The quantitative estimate of drug-likeness (QED) is 0.784. The van der Waals surface area contributed by atoms with Gasteiger partial charge in [-0.15, -0.1) is 0 Å². The predicted octanol–water partition coefficient (Wildman–Crippen LogP) is 1.27. The van der Waals surface area contributed by atoms with Crippen LogP contribution >= 0.6 is 0 Å². The second kappa shape index (κ2) is 6.70.